The summed E-state index contributed by atoms with van der Waals surface area (Å²) in [6.07, 6.45) is 0. The molecule has 24 heavy (non-hydrogen) atoms. The molecule has 6 heteroatoms. The van der Waals surface area contributed by atoms with Crippen LogP contribution in [0.2, 0.25) is 0 Å². The SMILES string of the molecule is CCN(C)c1nc(-c2ccc(C(C)C)cc2)c2c(N)n(C)nc2n1. The first-order valence-electron chi connectivity index (χ1n) is 8.24. The lowest BCUT2D eigenvalue weighted by molar-refractivity contribution is 0.786. The summed E-state index contributed by atoms with van der Waals surface area (Å²) >= 11 is 0. The number of hydrogen-bond acceptors (Lipinski definition) is 5. The summed E-state index contributed by atoms with van der Waals surface area (Å²) in [4.78, 5) is 11.3. The monoisotopic (exact) mass is 324 g/mol. The van der Waals surface area contributed by atoms with Crippen LogP contribution in [0, 0.1) is 0 Å². The van der Waals surface area contributed by atoms with Gasteiger partial charge in [-0.2, -0.15) is 10.1 Å². The van der Waals surface area contributed by atoms with Gasteiger partial charge in [-0.25, -0.2) is 4.98 Å². The van der Waals surface area contributed by atoms with Crippen LogP contribution in [0.1, 0.15) is 32.3 Å². The van der Waals surface area contributed by atoms with E-state index in [0.717, 1.165) is 23.2 Å². The molecular formula is C18H24N6. The minimum atomic E-state index is 0.495. The van der Waals surface area contributed by atoms with E-state index in [4.69, 9.17) is 10.7 Å². The molecule has 2 heterocycles. The number of anilines is 2. The van der Waals surface area contributed by atoms with Crippen LogP contribution < -0.4 is 10.6 Å². The molecule has 6 nitrogen and oxygen atoms in total. The standard InChI is InChI=1S/C18H24N6/c1-6-23(4)18-20-15(13-9-7-12(8-10-13)11(2)3)14-16(19)24(5)22-17(14)21-18/h7-11H,6,19H2,1-5H3. The van der Waals surface area contributed by atoms with Crippen molar-refractivity contribution in [3.05, 3.63) is 29.8 Å². The molecule has 2 N–H and O–H groups in total. The van der Waals surface area contributed by atoms with Crippen LogP contribution in [0.4, 0.5) is 11.8 Å². The third kappa shape index (κ3) is 2.68. The van der Waals surface area contributed by atoms with Crippen molar-refractivity contribution < 1.29 is 0 Å². The number of aryl methyl sites for hydroxylation is 1. The van der Waals surface area contributed by atoms with E-state index in [1.54, 1.807) is 4.68 Å². The Balaban J connectivity index is 2.24. The second-order valence-electron chi connectivity index (χ2n) is 6.37. The highest BCUT2D eigenvalue weighted by Crippen LogP contribution is 2.32. The molecule has 3 aromatic rings. The van der Waals surface area contributed by atoms with Crippen LogP contribution in [0.15, 0.2) is 24.3 Å². The van der Waals surface area contributed by atoms with Gasteiger partial charge in [-0.05, 0) is 18.4 Å². The van der Waals surface area contributed by atoms with Gasteiger partial charge in [0, 0.05) is 26.2 Å². The molecule has 0 amide bonds. The molecular weight excluding hydrogens is 300 g/mol. The fourth-order valence-corrected chi connectivity index (χ4v) is 2.65. The number of aromatic nitrogens is 4. The van der Waals surface area contributed by atoms with Gasteiger partial charge in [0.2, 0.25) is 5.95 Å². The highest BCUT2D eigenvalue weighted by atomic mass is 15.3. The van der Waals surface area contributed by atoms with Crippen LogP contribution in [0.5, 0.6) is 0 Å². The largest absolute Gasteiger partial charge is 0.383 e. The predicted octanol–water partition coefficient (Wildman–Crippen LogP) is 3.19. The highest BCUT2D eigenvalue weighted by molar-refractivity contribution is 5.98. The summed E-state index contributed by atoms with van der Waals surface area (Å²) < 4.78 is 1.65. The zero-order valence-corrected chi connectivity index (χ0v) is 14.9. The molecule has 0 aliphatic rings. The van der Waals surface area contributed by atoms with Gasteiger partial charge >= 0.3 is 0 Å². The Morgan fingerprint density at radius 2 is 1.83 bits per heavy atom. The number of nitrogens with two attached hydrogens (primary N) is 1. The van der Waals surface area contributed by atoms with Crippen molar-refractivity contribution in [3.63, 3.8) is 0 Å². The summed E-state index contributed by atoms with van der Waals surface area (Å²) in [5, 5.41) is 5.24. The first-order valence-corrected chi connectivity index (χ1v) is 8.24. The van der Waals surface area contributed by atoms with Crippen LogP contribution in [-0.2, 0) is 7.05 Å². The summed E-state index contributed by atoms with van der Waals surface area (Å²) in [5.74, 6) is 1.74. The van der Waals surface area contributed by atoms with Gasteiger partial charge in [0.15, 0.2) is 5.65 Å². The van der Waals surface area contributed by atoms with E-state index in [1.165, 1.54) is 5.56 Å². The summed E-state index contributed by atoms with van der Waals surface area (Å²) in [7, 11) is 3.80. The Kier molecular flexibility index (Phi) is 4.13. The predicted molar refractivity (Wildman–Crippen MR) is 99.2 cm³/mol. The average molecular weight is 324 g/mol. The Morgan fingerprint density at radius 3 is 2.42 bits per heavy atom. The Labute approximate surface area is 142 Å². The van der Waals surface area contributed by atoms with Crippen molar-refractivity contribution in [2.45, 2.75) is 26.7 Å². The summed E-state index contributed by atoms with van der Waals surface area (Å²) in [5.41, 5.74) is 10.0. The molecule has 0 fully saturated rings. The molecule has 0 aliphatic carbocycles. The molecule has 0 bridgehead atoms. The maximum Gasteiger partial charge on any atom is 0.227 e. The van der Waals surface area contributed by atoms with E-state index in [1.807, 2.05) is 19.0 Å². The van der Waals surface area contributed by atoms with Crippen molar-refractivity contribution in [1.29, 1.82) is 0 Å². The lowest BCUT2D eigenvalue weighted by atomic mass is 10.00. The maximum absolute atomic E-state index is 6.22. The Hall–Kier alpha value is -2.63. The van der Waals surface area contributed by atoms with Gasteiger partial charge in [0.1, 0.15) is 5.82 Å². The Morgan fingerprint density at radius 1 is 1.17 bits per heavy atom. The van der Waals surface area contributed by atoms with Gasteiger partial charge in [-0.15, -0.1) is 0 Å². The zero-order valence-electron chi connectivity index (χ0n) is 14.9. The maximum atomic E-state index is 6.22. The minimum absolute atomic E-state index is 0.495. The number of fused-ring (bicyclic) bond motifs is 1. The van der Waals surface area contributed by atoms with Crippen LogP contribution in [0.3, 0.4) is 0 Å². The summed E-state index contributed by atoms with van der Waals surface area (Å²) in [6, 6.07) is 8.48. The van der Waals surface area contributed by atoms with Crippen LogP contribution >= 0.6 is 0 Å². The van der Waals surface area contributed by atoms with Gasteiger partial charge in [0.25, 0.3) is 0 Å². The molecule has 126 valence electrons. The number of rotatable bonds is 4. The topological polar surface area (TPSA) is 72.9 Å². The molecule has 0 spiro atoms. The van der Waals surface area contributed by atoms with Gasteiger partial charge in [0.05, 0.1) is 11.1 Å². The van der Waals surface area contributed by atoms with E-state index >= 15 is 0 Å². The number of benzene rings is 1. The normalized spacial score (nSPS) is 11.4. The lowest BCUT2D eigenvalue weighted by Gasteiger charge is -2.15. The van der Waals surface area contributed by atoms with Crippen molar-refractivity contribution in [2.24, 2.45) is 7.05 Å². The Bertz CT molecular complexity index is 863. The molecule has 0 aliphatic heterocycles. The van der Waals surface area contributed by atoms with Gasteiger partial charge < -0.3 is 10.6 Å². The van der Waals surface area contributed by atoms with E-state index < -0.39 is 0 Å². The molecule has 0 unspecified atom stereocenters. The molecule has 0 radical (unpaired) electrons. The number of hydrogen-bond donors (Lipinski definition) is 1. The fraction of sp³-hybridized carbons (Fsp3) is 0.389. The van der Waals surface area contributed by atoms with E-state index in [0.29, 0.717) is 23.3 Å². The van der Waals surface area contributed by atoms with Crippen molar-refractivity contribution in [1.82, 2.24) is 19.7 Å². The number of nitrogens with zero attached hydrogens (tertiary/aromatic N) is 5. The third-order valence-corrected chi connectivity index (χ3v) is 4.39. The van der Waals surface area contributed by atoms with E-state index in [2.05, 4.69) is 55.1 Å². The number of nitrogen functional groups attached to an aromatic ring is 1. The van der Waals surface area contributed by atoms with Crippen LogP contribution in [0.25, 0.3) is 22.3 Å². The molecule has 1 aromatic carbocycles. The van der Waals surface area contributed by atoms with Crippen molar-refractivity contribution in [2.75, 3.05) is 24.2 Å². The van der Waals surface area contributed by atoms with Gasteiger partial charge in [-0.1, -0.05) is 38.1 Å². The second-order valence-corrected chi connectivity index (χ2v) is 6.37. The fourth-order valence-electron chi connectivity index (χ4n) is 2.65. The molecule has 2 aromatic heterocycles. The second kappa shape index (κ2) is 6.11. The van der Waals surface area contributed by atoms with E-state index in [9.17, 15) is 0 Å². The molecule has 3 rings (SSSR count). The molecule has 0 saturated heterocycles. The first-order chi connectivity index (χ1) is 11.4. The smallest absolute Gasteiger partial charge is 0.227 e. The third-order valence-electron chi connectivity index (χ3n) is 4.39. The highest BCUT2D eigenvalue weighted by Gasteiger charge is 2.18. The first kappa shape index (κ1) is 16.2. The molecule has 0 atom stereocenters. The lowest BCUT2D eigenvalue weighted by Crippen LogP contribution is -2.19. The zero-order chi connectivity index (χ0) is 17.4. The van der Waals surface area contributed by atoms with Crippen molar-refractivity contribution >= 4 is 22.8 Å². The molecule has 0 saturated carbocycles. The van der Waals surface area contributed by atoms with Crippen molar-refractivity contribution in [3.8, 4) is 11.3 Å². The average Bonchev–Trinajstić information content (AvgIpc) is 2.87. The van der Waals surface area contributed by atoms with Gasteiger partial charge in [-0.3, -0.25) is 4.68 Å². The van der Waals surface area contributed by atoms with Crippen LogP contribution in [-0.4, -0.2) is 33.3 Å². The van der Waals surface area contributed by atoms with E-state index in [-0.39, 0.29) is 0 Å². The summed E-state index contributed by atoms with van der Waals surface area (Å²) in [6.45, 7) is 7.26. The quantitative estimate of drug-likeness (QED) is 0.798. The minimum Gasteiger partial charge on any atom is -0.383 e.